The molecule has 1 aliphatic rings. The molecule has 0 atom stereocenters. The molecule has 0 saturated carbocycles. The zero-order valence-electron chi connectivity index (χ0n) is 19.0. The maximum Gasteiger partial charge on any atom is 0.294 e. The molecule has 0 amide bonds. The van der Waals surface area contributed by atoms with Gasteiger partial charge >= 0.3 is 0 Å². The number of hydrogen-bond acceptors (Lipinski definition) is 5. The zero-order valence-corrected chi connectivity index (χ0v) is 20.7. The van der Waals surface area contributed by atoms with Gasteiger partial charge in [-0.2, -0.15) is 21.4 Å². The van der Waals surface area contributed by atoms with Crippen molar-refractivity contribution < 1.29 is 30.5 Å². The van der Waals surface area contributed by atoms with Crippen LogP contribution in [0.5, 0.6) is 0 Å². The van der Waals surface area contributed by atoms with Gasteiger partial charge in [0.1, 0.15) is 6.54 Å². The second-order valence-corrected chi connectivity index (χ2v) is 11.5. The van der Waals surface area contributed by atoms with E-state index in [-0.39, 0.29) is 17.1 Å². The minimum absolute atomic E-state index is 0.178. The Bertz CT molecular complexity index is 1340. The summed E-state index contributed by atoms with van der Waals surface area (Å²) in [5.41, 5.74) is 2.80. The third-order valence-corrected chi connectivity index (χ3v) is 7.33. The number of benzene rings is 2. The summed E-state index contributed by atoms with van der Waals surface area (Å²) in [7, 11) is -8.39. The fourth-order valence-electron chi connectivity index (χ4n) is 3.99. The molecular formula is C24H29N2O6S2+. The van der Waals surface area contributed by atoms with Crippen LogP contribution in [-0.2, 0) is 25.7 Å². The molecule has 0 radical (unpaired) electrons. The monoisotopic (exact) mass is 505 g/mol. The molecule has 10 heteroatoms. The lowest BCUT2D eigenvalue weighted by Crippen LogP contribution is -2.28. The second kappa shape index (κ2) is 10.2. The van der Waals surface area contributed by atoms with E-state index in [9.17, 15) is 21.4 Å². The molecule has 0 unspecified atom stereocenters. The minimum Gasteiger partial charge on any atom is -0.362 e. The van der Waals surface area contributed by atoms with E-state index in [1.165, 1.54) is 12.1 Å². The molecular weight excluding hydrogens is 476 g/mol. The Morgan fingerprint density at radius 1 is 0.971 bits per heavy atom. The highest BCUT2D eigenvalue weighted by atomic mass is 32.2. The minimum atomic E-state index is -4.36. The summed E-state index contributed by atoms with van der Waals surface area (Å²) >= 11 is 0. The summed E-state index contributed by atoms with van der Waals surface area (Å²) in [6.07, 6.45) is 8.23. The molecule has 3 N–H and O–H groups in total. The molecule has 2 aromatic rings. The normalized spacial score (nSPS) is 15.9. The van der Waals surface area contributed by atoms with Crippen LogP contribution in [0.15, 0.2) is 77.9 Å². The van der Waals surface area contributed by atoms with Crippen LogP contribution in [0.1, 0.15) is 32.3 Å². The number of rotatable bonds is 10. The topological polar surface area (TPSA) is 124 Å². The summed E-state index contributed by atoms with van der Waals surface area (Å²) in [5.74, 6) is -0.322. The van der Waals surface area contributed by atoms with Gasteiger partial charge in [0.25, 0.3) is 20.2 Å². The lowest BCUT2D eigenvalue weighted by Gasteiger charge is -2.15. The van der Waals surface area contributed by atoms with Gasteiger partial charge in [-0.1, -0.05) is 24.3 Å². The van der Waals surface area contributed by atoms with Crippen LogP contribution < -0.4 is 5.32 Å². The van der Waals surface area contributed by atoms with E-state index in [1.54, 1.807) is 12.3 Å². The number of hydrogen-bond donors (Lipinski definition) is 3. The van der Waals surface area contributed by atoms with Gasteiger partial charge in [0.15, 0.2) is 5.71 Å². The van der Waals surface area contributed by atoms with E-state index in [0.29, 0.717) is 13.0 Å². The molecule has 34 heavy (non-hydrogen) atoms. The molecule has 0 aromatic heterocycles. The summed E-state index contributed by atoms with van der Waals surface area (Å²) in [6, 6.07) is 14.2. The lowest BCUT2D eigenvalue weighted by atomic mass is 9.81. The predicted molar refractivity (Wildman–Crippen MR) is 133 cm³/mol. The number of nitrogens with zero attached hydrogens (tertiary/aromatic N) is 1. The summed E-state index contributed by atoms with van der Waals surface area (Å²) < 4.78 is 66.0. The van der Waals surface area contributed by atoms with Crippen LogP contribution in [0.4, 0.5) is 11.4 Å². The molecule has 3 rings (SSSR count). The largest absolute Gasteiger partial charge is 0.362 e. The van der Waals surface area contributed by atoms with Gasteiger partial charge in [-0.25, -0.2) is 0 Å². The van der Waals surface area contributed by atoms with Crippen LogP contribution >= 0.6 is 0 Å². The van der Waals surface area contributed by atoms with E-state index >= 15 is 0 Å². The average molecular weight is 506 g/mol. The number of para-hydroxylation sites is 1. The van der Waals surface area contributed by atoms with E-state index < -0.39 is 25.7 Å². The summed E-state index contributed by atoms with van der Waals surface area (Å²) in [5, 5.41) is 3.17. The third-order valence-electron chi connectivity index (χ3n) is 5.68. The Labute approximate surface area is 200 Å². The van der Waals surface area contributed by atoms with Crippen molar-refractivity contribution in [3.8, 4) is 0 Å². The van der Waals surface area contributed by atoms with Gasteiger partial charge in [-0.15, -0.1) is 0 Å². The first-order valence-electron chi connectivity index (χ1n) is 10.8. The highest BCUT2D eigenvalue weighted by molar-refractivity contribution is 7.86. The second-order valence-electron chi connectivity index (χ2n) is 8.54. The average Bonchev–Trinajstić information content (AvgIpc) is 2.96. The Kier molecular flexibility index (Phi) is 7.77. The highest BCUT2D eigenvalue weighted by Gasteiger charge is 2.44. The number of unbranched alkanes of at least 4 members (excludes halogenated alkanes) is 1. The first-order chi connectivity index (χ1) is 15.9. The van der Waals surface area contributed by atoms with Crippen LogP contribution in [0, 0.1) is 0 Å². The van der Waals surface area contributed by atoms with Crippen molar-refractivity contribution in [3.63, 3.8) is 0 Å². The van der Waals surface area contributed by atoms with Crippen molar-refractivity contribution >= 4 is 37.3 Å². The van der Waals surface area contributed by atoms with Gasteiger partial charge in [-0.05, 0) is 50.6 Å². The van der Waals surface area contributed by atoms with Crippen molar-refractivity contribution in [1.29, 1.82) is 0 Å². The predicted octanol–water partition coefficient (Wildman–Crippen LogP) is 4.16. The van der Waals surface area contributed by atoms with Crippen molar-refractivity contribution in [2.45, 2.75) is 37.0 Å². The van der Waals surface area contributed by atoms with Gasteiger partial charge < -0.3 is 5.32 Å². The molecule has 8 nitrogen and oxygen atoms in total. The molecule has 182 valence electrons. The maximum atomic E-state index is 11.7. The third kappa shape index (κ3) is 6.41. The Morgan fingerprint density at radius 2 is 1.68 bits per heavy atom. The molecule has 0 saturated heterocycles. The smallest absolute Gasteiger partial charge is 0.294 e. The van der Waals surface area contributed by atoms with Gasteiger partial charge in [0.05, 0.1) is 16.1 Å². The fraction of sp³-hybridized carbons (Fsp3) is 0.292. The summed E-state index contributed by atoms with van der Waals surface area (Å²) in [6.45, 7) is 4.40. The number of anilines is 1. The van der Waals surface area contributed by atoms with E-state index in [4.69, 9.17) is 4.55 Å². The van der Waals surface area contributed by atoms with E-state index in [1.807, 2.05) is 67.0 Å². The maximum absolute atomic E-state index is 11.7. The van der Waals surface area contributed by atoms with Crippen molar-refractivity contribution in [3.05, 3.63) is 78.5 Å². The first-order valence-corrected chi connectivity index (χ1v) is 13.8. The SMILES string of the molecule is CC1(C)C(/C=C/C=C/Nc2ccccc2)=[N+](CCCCS(=O)(=O)O)c2ccc(S(=O)(=O)O)cc21. The number of fused-ring (bicyclic) bond motifs is 1. The number of allylic oxidation sites excluding steroid dienone is 3. The molecule has 2 aromatic carbocycles. The standard InChI is InChI=1S/C24H28N2O6S2/c1-24(2)21-18-20(34(30,31)32)13-14-22(21)26(16-8-9-17-33(27,28)29)23(24)12-6-7-15-25-19-10-4-3-5-11-19/h3-7,10-15,18H,8-9,16-17H2,1-2H3,(H2,27,28,29,30,31,32)/p+1. The Hall–Kier alpha value is -2.79. The summed E-state index contributed by atoms with van der Waals surface area (Å²) in [4.78, 5) is -0.178. The van der Waals surface area contributed by atoms with Crippen LogP contribution in [0.3, 0.4) is 0 Å². The Balaban J connectivity index is 1.89. The van der Waals surface area contributed by atoms with E-state index in [2.05, 4.69) is 5.32 Å². The number of nitrogens with one attached hydrogen (secondary N) is 1. The molecule has 0 spiro atoms. The van der Waals surface area contributed by atoms with Gasteiger partial charge in [0, 0.05) is 36.0 Å². The van der Waals surface area contributed by atoms with Crippen molar-refractivity contribution in [2.75, 3.05) is 17.6 Å². The van der Waals surface area contributed by atoms with Crippen LogP contribution in [0.25, 0.3) is 0 Å². The Morgan fingerprint density at radius 3 is 2.32 bits per heavy atom. The molecule has 0 fully saturated rings. The first kappa shape index (κ1) is 25.8. The fourth-order valence-corrected chi connectivity index (χ4v) is 5.07. The quantitative estimate of drug-likeness (QED) is 0.192. The van der Waals surface area contributed by atoms with Crippen molar-refractivity contribution in [2.24, 2.45) is 0 Å². The molecule has 1 aliphatic heterocycles. The molecule has 0 bridgehead atoms. The van der Waals surface area contributed by atoms with Crippen molar-refractivity contribution in [1.82, 2.24) is 0 Å². The van der Waals surface area contributed by atoms with E-state index in [0.717, 1.165) is 22.6 Å². The molecule has 0 aliphatic carbocycles. The molecule has 1 heterocycles. The highest BCUT2D eigenvalue weighted by Crippen LogP contribution is 2.41. The van der Waals surface area contributed by atoms with Gasteiger partial charge in [-0.3, -0.25) is 9.11 Å². The van der Waals surface area contributed by atoms with Gasteiger partial charge in [0.2, 0.25) is 5.69 Å². The zero-order chi connectivity index (χ0) is 25.0. The van der Waals surface area contributed by atoms with Crippen LogP contribution in [0.2, 0.25) is 0 Å². The van der Waals surface area contributed by atoms with Crippen LogP contribution in [-0.4, -0.2) is 48.5 Å². The lowest BCUT2D eigenvalue weighted by molar-refractivity contribution is -0.438.